The maximum Gasteiger partial charge on any atom is 0.196 e. The molecule has 46 heavy (non-hydrogen) atoms. The van der Waals surface area contributed by atoms with Gasteiger partial charge in [-0.3, -0.25) is 29.5 Å². The lowest BCUT2D eigenvalue weighted by Gasteiger charge is -2.08. The Morgan fingerprint density at radius 2 is 0.717 bits per heavy atom. The number of nitrogens with zero attached hydrogens (tertiary/aromatic N) is 4. The number of para-hydroxylation sites is 4. The third-order valence-electron chi connectivity index (χ3n) is 7.44. The van der Waals surface area contributed by atoms with E-state index in [9.17, 15) is 9.59 Å². The Morgan fingerprint density at radius 1 is 0.457 bits per heavy atom. The molecule has 0 fully saturated rings. The highest BCUT2D eigenvalue weighted by Gasteiger charge is 2.18. The molecular weight excluding hydrogens is 568 g/mol. The minimum absolute atomic E-state index is 0.246. The molecule has 0 saturated heterocycles. The third kappa shape index (κ3) is 6.63. The van der Waals surface area contributed by atoms with Crippen molar-refractivity contribution in [3.05, 3.63) is 153 Å². The standard InChI is InChI=1S/C40H30N4O2/c1-7-29-17-21-31(22-18-29)39(45)37-25(3)41-33-13-9-11-15-35(33)43-27(5)38(40(46)32-23-19-30(8-2)20-24-32)28(6)44-36-16-12-10-14-34(36)42-26(37)4/h1-2,9-24H,3-6H3. The van der Waals surface area contributed by atoms with Gasteiger partial charge in [-0.05, 0) is 100 Å². The van der Waals surface area contributed by atoms with Gasteiger partial charge in [0.25, 0.3) is 0 Å². The first-order chi connectivity index (χ1) is 22.2. The van der Waals surface area contributed by atoms with Gasteiger partial charge in [0.2, 0.25) is 0 Å². The molecule has 0 aliphatic heterocycles. The Bertz CT molecular complexity index is 1990. The van der Waals surface area contributed by atoms with Crippen molar-refractivity contribution in [3.63, 3.8) is 0 Å². The highest BCUT2D eigenvalue weighted by atomic mass is 16.1. The van der Waals surface area contributed by atoms with E-state index >= 15 is 0 Å². The van der Waals surface area contributed by atoms with Gasteiger partial charge < -0.3 is 0 Å². The summed E-state index contributed by atoms with van der Waals surface area (Å²) in [5.41, 5.74) is 6.86. The van der Waals surface area contributed by atoms with Crippen LogP contribution in [0.3, 0.4) is 0 Å². The number of carbonyl (C=O) groups is 2. The van der Waals surface area contributed by atoms with Crippen LogP contribution in [0.2, 0.25) is 0 Å². The van der Waals surface area contributed by atoms with E-state index < -0.39 is 0 Å². The number of aromatic nitrogens is 4. The number of hydrogen-bond donors (Lipinski definition) is 0. The Kier molecular flexibility index (Phi) is 9.22. The van der Waals surface area contributed by atoms with E-state index in [2.05, 4.69) is 11.8 Å². The Morgan fingerprint density at radius 3 is 0.957 bits per heavy atom. The second-order valence-corrected chi connectivity index (χ2v) is 10.6. The van der Waals surface area contributed by atoms with Crippen molar-refractivity contribution in [1.29, 1.82) is 0 Å². The maximum atomic E-state index is 14.0. The first kappa shape index (κ1) is 31.2. The molecule has 0 N–H and O–H groups in total. The second kappa shape index (κ2) is 13.6. The van der Waals surface area contributed by atoms with E-state index in [4.69, 9.17) is 32.8 Å². The maximum absolute atomic E-state index is 14.0. The molecule has 0 aliphatic rings. The van der Waals surface area contributed by atoms with Gasteiger partial charge in [0.1, 0.15) is 0 Å². The molecule has 0 amide bonds. The fourth-order valence-corrected chi connectivity index (χ4v) is 5.16. The molecule has 6 nitrogen and oxygen atoms in total. The summed E-state index contributed by atoms with van der Waals surface area (Å²) in [4.78, 5) is 47.6. The zero-order chi connectivity index (χ0) is 32.8. The Hall–Kier alpha value is -6.24. The van der Waals surface area contributed by atoms with E-state index in [1.54, 1.807) is 76.2 Å². The van der Waals surface area contributed by atoms with E-state index in [0.717, 1.165) is 0 Å². The van der Waals surface area contributed by atoms with Crippen LogP contribution in [0.15, 0.2) is 97.1 Å². The number of ketones is 2. The van der Waals surface area contributed by atoms with Crippen LogP contribution in [0, 0.1) is 52.4 Å². The molecule has 0 radical (unpaired) electrons. The summed E-state index contributed by atoms with van der Waals surface area (Å²) in [5, 5.41) is 0. The van der Waals surface area contributed by atoms with Crippen LogP contribution < -0.4 is 0 Å². The van der Waals surface area contributed by atoms with E-state index in [1.165, 1.54) is 0 Å². The Balaban J connectivity index is 1.91. The highest BCUT2D eigenvalue weighted by molar-refractivity contribution is 6.11. The van der Waals surface area contributed by atoms with Crippen LogP contribution in [-0.4, -0.2) is 31.5 Å². The average Bonchev–Trinajstić information content (AvgIpc) is 3.06. The lowest BCUT2D eigenvalue weighted by molar-refractivity contribution is 0.102. The summed E-state index contributed by atoms with van der Waals surface area (Å²) in [6.45, 7) is 7.10. The number of aryl methyl sites for hydroxylation is 4. The molecule has 0 unspecified atom stereocenters. The quantitative estimate of drug-likeness (QED) is 0.158. The van der Waals surface area contributed by atoms with Gasteiger partial charge in [0, 0.05) is 22.3 Å². The molecule has 5 aromatic rings. The summed E-state index contributed by atoms with van der Waals surface area (Å²) in [6, 6.07) is 28.4. The van der Waals surface area contributed by atoms with Crippen LogP contribution in [0.4, 0.5) is 0 Å². The van der Waals surface area contributed by atoms with E-state index in [1.807, 2.05) is 48.5 Å². The van der Waals surface area contributed by atoms with Crippen molar-refractivity contribution in [1.82, 2.24) is 19.9 Å². The fraction of sp³-hybridized carbons (Fsp3) is 0.100. The predicted molar refractivity (Wildman–Crippen MR) is 182 cm³/mol. The van der Waals surface area contributed by atoms with Crippen molar-refractivity contribution in [2.75, 3.05) is 0 Å². The monoisotopic (exact) mass is 598 g/mol. The van der Waals surface area contributed by atoms with Gasteiger partial charge in [-0.25, -0.2) is 0 Å². The number of terminal acetylenes is 2. The smallest absolute Gasteiger partial charge is 0.196 e. The average molecular weight is 599 g/mol. The molecule has 0 saturated carbocycles. The van der Waals surface area contributed by atoms with Crippen molar-refractivity contribution < 1.29 is 9.59 Å². The molecule has 0 bridgehead atoms. The number of carbonyl (C=O) groups excluding carboxylic acids is 2. The van der Waals surface area contributed by atoms with Crippen LogP contribution >= 0.6 is 0 Å². The lowest BCUT2D eigenvalue weighted by atomic mass is 10.00. The van der Waals surface area contributed by atoms with Crippen molar-refractivity contribution >= 4 is 33.6 Å². The summed E-state index contributed by atoms with van der Waals surface area (Å²) < 4.78 is 0. The molecule has 4 aromatic carbocycles. The van der Waals surface area contributed by atoms with Crippen molar-refractivity contribution in [2.24, 2.45) is 0 Å². The van der Waals surface area contributed by atoms with Gasteiger partial charge >= 0.3 is 0 Å². The lowest BCUT2D eigenvalue weighted by Crippen LogP contribution is -2.08. The van der Waals surface area contributed by atoms with Crippen LogP contribution in [0.5, 0.6) is 0 Å². The topological polar surface area (TPSA) is 85.7 Å². The SMILES string of the molecule is C#Cc1ccc(C(=O)c2c(C)nc3ccccc3nc(C)c(C(=O)c3ccc(C#C)cc3)c(C)nc3ccccc3nc2C)cc1. The minimum atomic E-state index is -0.246. The predicted octanol–water partition coefficient (Wildman–Crippen LogP) is 7.48. The van der Waals surface area contributed by atoms with Crippen LogP contribution in [-0.2, 0) is 0 Å². The largest absolute Gasteiger partial charge is 0.288 e. The first-order valence-electron chi connectivity index (χ1n) is 14.6. The molecule has 0 spiro atoms. The summed E-state index contributed by atoms with van der Waals surface area (Å²) in [5.74, 6) is 4.67. The van der Waals surface area contributed by atoms with Gasteiger partial charge in [0.15, 0.2) is 11.6 Å². The molecular formula is C40H30N4O2. The number of fused-ring (bicyclic) bond motifs is 2. The number of rotatable bonds is 4. The molecule has 1 heterocycles. The number of benzene rings is 4. The Labute approximate surface area is 268 Å². The zero-order valence-electron chi connectivity index (χ0n) is 26.0. The molecule has 0 aliphatic carbocycles. The van der Waals surface area contributed by atoms with Crippen molar-refractivity contribution in [2.45, 2.75) is 27.7 Å². The van der Waals surface area contributed by atoms with Gasteiger partial charge in [-0.15, -0.1) is 12.8 Å². The van der Waals surface area contributed by atoms with E-state index in [0.29, 0.717) is 78.2 Å². The van der Waals surface area contributed by atoms with Crippen LogP contribution in [0.1, 0.15) is 65.7 Å². The number of hydrogen-bond acceptors (Lipinski definition) is 6. The van der Waals surface area contributed by atoms with Gasteiger partial charge in [0.05, 0.1) is 56.0 Å². The zero-order valence-corrected chi connectivity index (χ0v) is 26.0. The normalized spacial score (nSPS) is 10.3. The third-order valence-corrected chi connectivity index (χ3v) is 7.44. The molecule has 0 atom stereocenters. The molecule has 222 valence electrons. The fourth-order valence-electron chi connectivity index (χ4n) is 5.16. The van der Waals surface area contributed by atoms with Gasteiger partial charge in [-0.1, -0.05) is 36.1 Å². The summed E-state index contributed by atoms with van der Waals surface area (Å²) in [6.07, 6.45) is 11.1. The van der Waals surface area contributed by atoms with E-state index in [-0.39, 0.29) is 11.6 Å². The molecule has 1 aromatic heterocycles. The second-order valence-electron chi connectivity index (χ2n) is 10.6. The molecule has 5 rings (SSSR count). The first-order valence-corrected chi connectivity index (χ1v) is 14.6. The summed E-state index contributed by atoms with van der Waals surface area (Å²) >= 11 is 0. The summed E-state index contributed by atoms with van der Waals surface area (Å²) in [7, 11) is 0. The minimum Gasteiger partial charge on any atom is -0.288 e. The van der Waals surface area contributed by atoms with Crippen molar-refractivity contribution in [3.8, 4) is 24.7 Å². The molecule has 6 heteroatoms. The highest BCUT2D eigenvalue weighted by Crippen LogP contribution is 2.20. The van der Waals surface area contributed by atoms with Crippen LogP contribution in [0.25, 0.3) is 22.1 Å². The van der Waals surface area contributed by atoms with Gasteiger partial charge in [-0.2, -0.15) is 0 Å².